The van der Waals surface area contributed by atoms with Crippen molar-refractivity contribution in [3.63, 3.8) is 0 Å². The van der Waals surface area contributed by atoms with E-state index in [1.807, 2.05) is 0 Å². The van der Waals surface area contributed by atoms with Gasteiger partial charge in [0, 0.05) is 0 Å². The first-order valence-electron chi connectivity index (χ1n) is 20.8. The van der Waals surface area contributed by atoms with Crippen LogP contribution in [-0.4, -0.2) is 18.3 Å². The van der Waals surface area contributed by atoms with Gasteiger partial charge in [-0.25, -0.2) is 0 Å². The zero-order chi connectivity index (χ0) is 33.9. The Bertz CT molecular complexity index is 769. The van der Waals surface area contributed by atoms with E-state index in [2.05, 4.69) is 13.8 Å². The Morgan fingerprint density at radius 1 is 0.404 bits per heavy atom. The minimum Gasteiger partial charge on any atom is -0.508 e. The molecule has 1 rings (SSSR count). The second-order valence-corrected chi connectivity index (χ2v) is 16.3. The molecule has 1 aromatic carbocycles. The minimum absolute atomic E-state index is 0.163. The number of phenolic OH excluding ortho intramolecular Hbond substituents is 1. The van der Waals surface area contributed by atoms with Crippen LogP contribution in [0.15, 0.2) is 24.3 Å². The smallest absolute Gasteiger partial charge is 0.361 e. The highest BCUT2D eigenvalue weighted by Gasteiger charge is 2.27. The molecule has 47 heavy (non-hydrogen) atoms. The zero-order valence-electron chi connectivity index (χ0n) is 31.5. The summed E-state index contributed by atoms with van der Waals surface area (Å²) < 4.78 is 25.6. The highest BCUT2D eigenvalue weighted by Crippen LogP contribution is 2.47. The fraction of sp³-hybridized carbons (Fsp3) is 0.857. The summed E-state index contributed by atoms with van der Waals surface area (Å²) in [5, 5.41) is 10.3. The number of benzene rings is 1. The maximum atomic E-state index is 13.7. The van der Waals surface area contributed by atoms with Crippen molar-refractivity contribution in [2.24, 2.45) is 0 Å². The third kappa shape index (κ3) is 27.7. The van der Waals surface area contributed by atoms with Crippen molar-refractivity contribution in [1.82, 2.24) is 0 Å². The van der Waals surface area contributed by atoms with Gasteiger partial charge in [0.2, 0.25) is 0 Å². The van der Waals surface area contributed by atoms with Crippen LogP contribution in [0.2, 0.25) is 0 Å². The monoisotopic (exact) mass is 679 g/mol. The summed E-state index contributed by atoms with van der Waals surface area (Å²) in [5.41, 5.74) is 0. The van der Waals surface area contributed by atoms with Crippen molar-refractivity contribution < 1.29 is 18.7 Å². The number of unbranched alkanes of at least 4 members (excludes halogenated alkanes) is 30. The third-order valence-corrected chi connectivity index (χ3v) is 11.7. The fourth-order valence-corrected chi connectivity index (χ4v) is 8.12. The van der Waals surface area contributed by atoms with Crippen molar-refractivity contribution in [2.45, 2.75) is 219 Å². The Kier molecular flexibility index (Phi) is 31.6. The van der Waals surface area contributed by atoms with Gasteiger partial charge < -0.3 is 14.2 Å². The lowest BCUT2D eigenvalue weighted by molar-refractivity contribution is 0.206. The predicted octanol–water partition coefficient (Wildman–Crippen LogP) is 14.8. The topological polar surface area (TPSA) is 55.8 Å². The molecule has 1 N–H and O–H groups in total. The van der Waals surface area contributed by atoms with Crippen LogP contribution in [0.4, 0.5) is 0 Å². The van der Waals surface area contributed by atoms with Crippen LogP contribution in [0.5, 0.6) is 5.75 Å². The molecule has 0 aliphatic rings. The standard InChI is InChI=1S/C42H79O4P/c1-3-5-7-9-11-13-15-17-19-21-23-25-27-29-31-33-39-45-47(44,42-37-35-41(43)36-38-42)46-40-34-32-30-28-26-24-22-20-18-16-14-12-10-8-6-4-2/h35-38,43H,3-34,39-40H2,1-2H3. The molecule has 0 bridgehead atoms. The van der Waals surface area contributed by atoms with E-state index < -0.39 is 7.60 Å². The molecule has 0 saturated heterocycles. The van der Waals surface area contributed by atoms with Gasteiger partial charge in [0.25, 0.3) is 0 Å². The van der Waals surface area contributed by atoms with Crippen LogP contribution in [0.25, 0.3) is 0 Å². The highest BCUT2D eigenvalue weighted by molar-refractivity contribution is 7.62. The van der Waals surface area contributed by atoms with Gasteiger partial charge in [-0.15, -0.1) is 0 Å². The van der Waals surface area contributed by atoms with Gasteiger partial charge in [0.05, 0.1) is 18.5 Å². The largest absolute Gasteiger partial charge is 0.508 e. The van der Waals surface area contributed by atoms with Gasteiger partial charge in [-0.3, -0.25) is 4.57 Å². The van der Waals surface area contributed by atoms with Gasteiger partial charge >= 0.3 is 7.60 Å². The SMILES string of the molecule is CCCCCCCCCCCCCCCCCCOP(=O)(OCCCCCCCCCCCCCCCCCC)c1ccc(O)cc1. The molecule has 0 saturated carbocycles. The quantitative estimate of drug-likeness (QED) is 0.0562. The van der Waals surface area contributed by atoms with Crippen LogP contribution in [0.3, 0.4) is 0 Å². The summed E-state index contributed by atoms with van der Waals surface area (Å²) in [6.45, 7) is 5.48. The third-order valence-electron chi connectivity index (χ3n) is 9.68. The maximum Gasteiger partial charge on any atom is 0.361 e. The lowest BCUT2D eigenvalue weighted by Crippen LogP contribution is -2.11. The molecule has 0 aromatic heterocycles. The summed E-state index contributed by atoms with van der Waals surface area (Å²) in [7, 11) is -3.38. The summed E-state index contributed by atoms with van der Waals surface area (Å²) in [5.74, 6) is 0.163. The molecule has 0 unspecified atom stereocenters. The van der Waals surface area contributed by atoms with Crippen LogP contribution in [0.1, 0.15) is 219 Å². The molecule has 1 aromatic rings. The summed E-state index contributed by atoms with van der Waals surface area (Å²) in [6.07, 6.45) is 42.5. The molecule has 0 atom stereocenters. The second kappa shape index (κ2) is 33.7. The first-order chi connectivity index (χ1) is 23.1. The highest BCUT2D eigenvalue weighted by atomic mass is 31.2. The second-order valence-electron chi connectivity index (χ2n) is 14.3. The van der Waals surface area contributed by atoms with Crippen molar-refractivity contribution in [1.29, 1.82) is 0 Å². The van der Waals surface area contributed by atoms with E-state index in [1.165, 1.54) is 180 Å². The van der Waals surface area contributed by atoms with Gasteiger partial charge in [0.1, 0.15) is 5.75 Å². The molecule has 0 fully saturated rings. The maximum absolute atomic E-state index is 13.7. The molecule has 0 aliphatic heterocycles. The van der Waals surface area contributed by atoms with Crippen LogP contribution in [-0.2, 0) is 13.6 Å². The molecule has 0 amide bonds. The molecule has 0 aliphatic carbocycles. The summed E-state index contributed by atoms with van der Waals surface area (Å²) in [6, 6.07) is 6.49. The average Bonchev–Trinajstić information content (AvgIpc) is 3.08. The van der Waals surface area contributed by atoms with Gasteiger partial charge in [0.15, 0.2) is 0 Å². The Morgan fingerprint density at radius 3 is 0.894 bits per heavy atom. The van der Waals surface area contributed by atoms with Crippen molar-refractivity contribution in [3.05, 3.63) is 24.3 Å². The zero-order valence-corrected chi connectivity index (χ0v) is 32.4. The predicted molar refractivity (Wildman–Crippen MR) is 206 cm³/mol. The van der Waals surface area contributed by atoms with Crippen LogP contribution < -0.4 is 5.30 Å². The van der Waals surface area contributed by atoms with E-state index in [0.717, 1.165) is 25.7 Å². The van der Waals surface area contributed by atoms with Gasteiger partial charge in [-0.1, -0.05) is 206 Å². The number of hydrogen-bond donors (Lipinski definition) is 1. The van der Waals surface area contributed by atoms with E-state index in [0.29, 0.717) is 18.5 Å². The molecule has 5 heteroatoms. The van der Waals surface area contributed by atoms with Crippen molar-refractivity contribution >= 4 is 12.9 Å². The molecule has 0 heterocycles. The molecular weight excluding hydrogens is 599 g/mol. The van der Waals surface area contributed by atoms with E-state index in [-0.39, 0.29) is 5.75 Å². The molecule has 0 radical (unpaired) electrons. The Hall–Kier alpha value is -0.830. The summed E-state index contributed by atoms with van der Waals surface area (Å²) in [4.78, 5) is 0. The molecular formula is C42H79O4P. The number of aromatic hydroxyl groups is 1. The molecule has 4 nitrogen and oxygen atoms in total. The molecule has 276 valence electrons. The first-order valence-corrected chi connectivity index (χ1v) is 22.4. The summed E-state index contributed by atoms with van der Waals surface area (Å²) >= 11 is 0. The van der Waals surface area contributed by atoms with E-state index >= 15 is 0 Å². The van der Waals surface area contributed by atoms with Gasteiger partial charge in [-0.2, -0.15) is 0 Å². The van der Waals surface area contributed by atoms with Crippen LogP contribution in [0, 0.1) is 0 Å². The number of hydrogen-bond acceptors (Lipinski definition) is 4. The Labute approximate surface area is 293 Å². The average molecular weight is 679 g/mol. The van der Waals surface area contributed by atoms with E-state index in [4.69, 9.17) is 9.05 Å². The molecule has 0 spiro atoms. The van der Waals surface area contributed by atoms with Gasteiger partial charge in [-0.05, 0) is 37.1 Å². The normalized spacial score (nSPS) is 11.9. The Balaban J connectivity index is 2.06. The van der Waals surface area contributed by atoms with Crippen molar-refractivity contribution in [2.75, 3.05) is 13.2 Å². The number of rotatable bonds is 37. The van der Waals surface area contributed by atoms with E-state index in [9.17, 15) is 9.67 Å². The first kappa shape index (κ1) is 44.2. The van der Waals surface area contributed by atoms with E-state index in [1.54, 1.807) is 24.3 Å². The van der Waals surface area contributed by atoms with Crippen molar-refractivity contribution in [3.8, 4) is 5.75 Å². The fourth-order valence-electron chi connectivity index (χ4n) is 6.49. The minimum atomic E-state index is -3.38. The van der Waals surface area contributed by atoms with Crippen LogP contribution >= 0.6 is 7.60 Å². The Morgan fingerprint density at radius 2 is 0.638 bits per heavy atom. The lowest BCUT2D eigenvalue weighted by atomic mass is 10.0. The lowest BCUT2D eigenvalue weighted by Gasteiger charge is -2.19. The number of phenols is 1.